The summed E-state index contributed by atoms with van der Waals surface area (Å²) in [6.07, 6.45) is 7.99. The first-order chi connectivity index (χ1) is 15.2. The van der Waals surface area contributed by atoms with Crippen molar-refractivity contribution in [3.8, 4) is 0 Å². The Kier molecular flexibility index (Phi) is 5.69. The van der Waals surface area contributed by atoms with Crippen molar-refractivity contribution in [1.82, 2.24) is 20.1 Å². The van der Waals surface area contributed by atoms with Crippen molar-refractivity contribution in [3.05, 3.63) is 41.5 Å². The Morgan fingerprint density at radius 1 is 1.23 bits per heavy atom. The van der Waals surface area contributed by atoms with Gasteiger partial charge in [-0.1, -0.05) is 31.0 Å². The van der Waals surface area contributed by atoms with Crippen LogP contribution in [-0.4, -0.2) is 46.9 Å². The molecule has 0 spiro atoms. The molecule has 2 aliphatic heterocycles. The summed E-state index contributed by atoms with van der Waals surface area (Å²) in [7, 11) is 0. The maximum Gasteiger partial charge on any atom is 0.248 e. The molecule has 166 valence electrons. The SMILES string of the molecule is CC1(C(=O)NCCCN2CCCc3ccccc32)COCc2nnc(C3CCCC3)n21. The highest BCUT2D eigenvalue weighted by molar-refractivity contribution is 5.84. The molecule has 1 saturated carbocycles. The van der Waals surface area contributed by atoms with Crippen molar-refractivity contribution in [2.45, 2.75) is 69.9 Å². The number of amides is 1. The second-order valence-corrected chi connectivity index (χ2v) is 9.39. The smallest absolute Gasteiger partial charge is 0.248 e. The number of carbonyl (C=O) groups excluding carboxylic acids is 1. The van der Waals surface area contributed by atoms with Crippen LogP contribution in [0.25, 0.3) is 0 Å². The van der Waals surface area contributed by atoms with E-state index in [2.05, 4.69) is 49.2 Å². The normalized spacial score (nSPS) is 23.5. The van der Waals surface area contributed by atoms with Crippen LogP contribution in [0.15, 0.2) is 24.3 Å². The molecule has 31 heavy (non-hydrogen) atoms. The van der Waals surface area contributed by atoms with E-state index < -0.39 is 5.54 Å². The molecule has 5 rings (SSSR count). The number of rotatable bonds is 6. The molecule has 0 radical (unpaired) electrons. The van der Waals surface area contributed by atoms with Crippen molar-refractivity contribution in [3.63, 3.8) is 0 Å². The Balaban J connectivity index is 1.22. The zero-order chi connectivity index (χ0) is 21.3. The highest BCUT2D eigenvalue weighted by Crippen LogP contribution is 2.37. The molecule has 1 aliphatic carbocycles. The van der Waals surface area contributed by atoms with Crippen molar-refractivity contribution in [2.75, 3.05) is 31.1 Å². The van der Waals surface area contributed by atoms with E-state index in [1.807, 2.05) is 6.92 Å². The largest absolute Gasteiger partial charge is 0.371 e. The lowest BCUT2D eigenvalue weighted by Gasteiger charge is -2.36. The topological polar surface area (TPSA) is 72.3 Å². The van der Waals surface area contributed by atoms with Gasteiger partial charge in [0.1, 0.15) is 18.0 Å². The Bertz CT molecular complexity index is 936. The molecule has 7 heteroatoms. The lowest BCUT2D eigenvalue weighted by molar-refractivity contribution is -0.135. The minimum atomic E-state index is -0.785. The Morgan fingerprint density at radius 3 is 2.94 bits per heavy atom. The van der Waals surface area contributed by atoms with E-state index in [-0.39, 0.29) is 5.91 Å². The number of aromatic nitrogens is 3. The van der Waals surface area contributed by atoms with E-state index >= 15 is 0 Å². The van der Waals surface area contributed by atoms with Crippen molar-refractivity contribution in [2.24, 2.45) is 0 Å². The number of nitrogens with one attached hydrogen (secondary N) is 1. The molecule has 3 heterocycles. The number of benzene rings is 1. The molecule has 0 saturated heterocycles. The van der Waals surface area contributed by atoms with Gasteiger partial charge in [0.15, 0.2) is 5.82 Å². The molecule has 0 bridgehead atoms. The second kappa shape index (κ2) is 8.61. The fourth-order valence-corrected chi connectivity index (χ4v) is 5.49. The van der Waals surface area contributed by atoms with Gasteiger partial charge in [-0.3, -0.25) is 9.36 Å². The minimum absolute atomic E-state index is 0.00606. The number of fused-ring (bicyclic) bond motifs is 2. The van der Waals surface area contributed by atoms with Crippen LogP contribution in [0.3, 0.4) is 0 Å². The fourth-order valence-electron chi connectivity index (χ4n) is 5.49. The van der Waals surface area contributed by atoms with Gasteiger partial charge in [0, 0.05) is 31.2 Å². The van der Waals surface area contributed by atoms with E-state index in [0.717, 1.165) is 50.4 Å². The predicted molar refractivity (Wildman–Crippen MR) is 119 cm³/mol. The van der Waals surface area contributed by atoms with Crippen molar-refractivity contribution in [1.29, 1.82) is 0 Å². The second-order valence-electron chi connectivity index (χ2n) is 9.39. The molecule has 2 aromatic rings. The lowest BCUT2D eigenvalue weighted by atomic mass is 9.97. The summed E-state index contributed by atoms with van der Waals surface area (Å²) in [5.41, 5.74) is 2.00. The van der Waals surface area contributed by atoms with E-state index in [0.29, 0.717) is 25.7 Å². The first-order valence-corrected chi connectivity index (χ1v) is 11.8. The summed E-state index contributed by atoms with van der Waals surface area (Å²) in [6.45, 7) is 5.46. The van der Waals surface area contributed by atoms with Crippen LogP contribution in [0.2, 0.25) is 0 Å². The van der Waals surface area contributed by atoms with E-state index in [1.54, 1.807) is 0 Å². The van der Waals surface area contributed by atoms with Crippen LogP contribution in [0.4, 0.5) is 5.69 Å². The van der Waals surface area contributed by atoms with Gasteiger partial charge >= 0.3 is 0 Å². The standard InChI is InChI=1S/C24H33N5O2/c1-24(17-31-16-21-26-27-22(29(21)24)19-9-2-3-10-19)23(30)25-13-7-15-28-14-6-11-18-8-4-5-12-20(18)28/h4-5,8,12,19H,2-3,6-7,9-11,13-17H2,1H3,(H,25,30). The monoisotopic (exact) mass is 423 g/mol. The molecule has 1 unspecified atom stereocenters. The van der Waals surface area contributed by atoms with Gasteiger partial charge in [0.2, 0.25) is 5.91 Å². The Morgan fingerprint density at radius 2 is 2.06 bits per heavy atom. The summed E-state index contributed by atoms with van der Waals surface area (Å²) in [6, 6.07) is 8.67. The Hall–Kier alpha value is -2.41. The van der Waals surface area contributed by atoms with E-state index in [1.165, 1.54) is 30.5 Å². The first kappa shape index (κ1) is 20.5. The van der Waals surface area contributed by atoms with Crippen LogP contribution in [-0.2, 0) is 28.1 Å². The molecular weight excluding hydrogens is 390 g/mol. The first-order valence-electron chi connectivity index (χ1n) is 11.8. The van der Waals surface area contributed by atoms with Crippen molar-refractivity contribution >= 4 is 11.6 Å². The molecule has 1 amide bonds. The zero-order valence-corrected chi connectivity index (χ0v) is 18.5. The van der Waals surface area contributed by atoms with Crippen LogP contribution in [0.1, 0.15) is 68.6 Å². The third-order valence-corrected chi connectivity index (χ3v) is 7.17. The van der Waals surface area contributed by atoms with Crippen LogP contribution in [0.5, 0.6) is 0 Å². The van der Waals surface area contributed by atoms with Gasteiger partial charge in [-0.05, 0) is 50.7 Å². The number of hydrogen-bond acceptors (Lipinski definition) is 5. The van der Waals surface area contributed by atoms with E-state index in [9.17, 15) is 4.79 Å². The van der Waals surface area contributed by atoms with Gasteiger partial charge in [-0.15, -0.1) is 10.2 Å². The Labute approximate surface area is 184 Å². The fraction of sp³-hybridized carbons (Fsp3) is 0.625. The third-order valence-electron chi connectivity index (χ3n) is 7.17. The van der Waals surface area contributed by atoms with Gasteiger partial charge in [0.05, 0.1) is 6.61 Å². The molecule has 1 aromatic carbocycles. The number of nitrogens with zero attached hydrogens (tertiary/aromatic N) is 4. The maximum absolute atomic E-state index is 13.3. The molecule has 1 N–H and O–H groups in total. The number of carbonyl (C=O) groups is 1. The van der Waals surface area contributed by atoms with Gasteiger partial charge in [-0.25, -0.2) is 0 Å². The number of ether oxygens (including phenoxy) is 1. The molecule has 3 aliphatic rings. The summed E-state index contributed by atoms with van der Waals surface area (Å²) in [5, 5.41) is 12.0. The van der Waals surface area contributed by atoms with Gasteiger partial charge < -0.3 is 15.0 Å². The molecular formula is C24H33N5O2. The van der Waals surface area contributed by atoms with Gasteiger partial charge in [0.25, 0.3) is 0 Å². The van der Waals surface area contributed by atoms with E-state index in [4.69, 9.17) is 4.74 Å². The quantitative estimate of drug-likeness (QED) is 0.723. The number of anilines is 1. The van der Waals surface area contributed by atoms with Crippen LogP contribution in [0, 0.1) is 0 Å². The van der Waals surface area contributed by atoms with Crippen LogP contribution < -0.4 is 10.2 Å². The predicted octanol–water partition coefficient (Wildman–Crippen LogP) is 3.14. The summed E-state index contributed by atoms with van der Waals surface area (Å²) < 4.78 is 7.84. The average molecular weight is 424 g/mol. The summed E-state index contributed by atoms with van der Waals surface area (Å²) in [5.74, 6) is 2.16. The average Bonchev–Trinajstić information content (AvgIpc) is 3.47. The molecule has 1 aromatic heterocycles. The minimum Gasteiger partial charge on any atom is -0.371 e. The molecule has 1 atom stereocenters. The zero-order valence-electron chi connectivity index (χ0n) is 18.5. The highest BCUT2D eigenvalue weighted by atomic mass is 16.5. The maximum atomic E-state index is 13.3. The number of para-hydroxylation sites is 1. The molecule has 1 fully saturated rings. The van der Waals surface area contributed by atoms with Crippen LogP contribution >= 0.6 is 0 Å². The molecule has 7 nitrogen and oxygen atoms in total. The number of aryl methyl sites for hydroxylation is 1. The van der Waals surface area contributed by atoms with Gasteiger partial charge in [-0.2, -0.15) is 0 Å². The van der Waals surface area contributed by atoms with Crippen molar-refractivity contribution < 1.29 is 9.53 Å². The summed E-state index contributed by atoms with van der Waals surface area (Å²) in [4.78, 5) is 15.8. The summed E-state index contributed by atoms with van der Waals surface area (Å²) >= 11 is 0. The lowest BCUT2D eigenvalue weighted by Crippen LogP contribution is -2.53. The highest BCUT2D eigenvalue weighted by Gasteiger charge is 2.43. The third kappa shape index (κ3) is 3.84. The number of hydrogen-bond donors (Lipinski definition) is 1.